The highest BCUT2D eigenvalue weighted by molar-refractivity contribution is 6.05. The van der Waals surface area contributed by atoms with Crippen molar-refractivity contribution in [1.82, 2.24) is 10.3 Å². The van der Waals surface area contributed by atoms with Crippen LogP contribution in [0.1, 0.15) is 21.5 Å². The van der Waals surface area contributed by atoms with Gasteiger partial charge in [0.25, 0.3) is 5.91 Å². The van der Waals surface area contributed by atoms with Crippen molar-refractivity contribution in [3.63, 3.8) is 0 Å². The summed E-state index contributed by atoms with van der Waals surface area (Å²) >= 11 is 0. The number of alkyl halides is 3. The molecule has 0 atom stereocenters. The van der Waals surface area contributed by atoms with Gasteiger partial charge in [-0.2, -0.15) is 13.2 Å². The molecule has 1 N–H and O–H groups in total. The number of aromatic nitrogens is 1. The fraction of sp³-hybridized carbons (Fsp3) is 0.200. The maximum Gasteiger partial charge on any atom is 0.416 e. The van der Waals surface area contributed by atoms with Gasteiger partial charge in [0.2, 0.25) is 5.88 Å². The molecule has 0 saturated carbocycles. The maximum atomic E-state index is 13.0. The number of fused-ring (bicyclic) bond motifs is 1. The van der Waals surface area contributed by atoms with Crippen LogP contribution in [0.25, 0.3) is 10.9 Å². The second-order valence-corrected chi connectivity index (χ2v) is 6.07. The predicted octanol–water partition coefficient (Wildman–Crippen LogP) is 4.34. The van der Waals surface area contributed by atoms with Gasteiger partial charge >= 0.3 is 6.18 Å². The molecule has 0 aliphatic heterocycles. The van der Waals surface area contributed by atoms with Crippen LogP contribution in [0.3, 0.4) is 0 Å². The Morgan fingerprint density at radius 3 is 2.34 bits per heavy atom. The summed E-state index contributed by atoms with van der Waals surface area (Å²) in [4.78, 5) is 16.8. The highest BCUT2D eigenvalue weighted by Gasteiger charge is 2.32. The summed E-state index contributed by atoms with van der Waals surface area (Å²) in [6.07, 6.45) is -4.54. The van der Waals surface area contributed by atoms with Crippen LogP contribution >= 0.6 is 0 Å². The quantitative estimate of drug-likeness (QED) is 0.638. The van der Waals surface area contributed by atoms with Crippen LogP contribution < -0.4 is 14.8 Å². The lowest BCUT2D eigenvalue weighted by Crippen LogP contribution is -2.24. The molecule has 152 valence electrons. The number of carbonyl (C=O) groups excluding carboxylic acids is 1. The number of rotatable bonds is 5. The van der Waals surface area contributed by atoms with Gasteiger partial charge in [-0.1, -0.05) is 12.1 Å². The van der Waals surface area contributed by atoms with E-state index in [-0.39, 0.29) is 34.6 Å². The number of carbonyl (C=O) groups is 1. The van der Waals surface area contributed by atoms with Crippen molar-refractivity contribution >= 4 is 16.8 Å². The number of methoxy groups -OCH3 is 2. The van der Waals surface area contributed by atoms with E-state index in [2.05, 4.69) is 10.3 Å². The number of nitrogens with one attached hydrogen (secondary N) is 1. The molecule has 0 saturated heterocycles. The Labute approximate surface area is 163 Å². The van der Waals surface area contributed by atoms with Crippen LogP contribution in [0.5, 0.6) is 11.6 Å². The molecule has 0 radical (unpaired) electrons. The summed E-state index contributed by atoms with van der Waals surface area (Å²) in [7, 11) is 2.54. The van der Waals surface area contributed by atoms with Crippen LogP contribution in [0.15, 0.2) is 42.5 Å². The number of amides is 1. The number of pyridine rings is 1. The van der Waals surface area contributed by atoms with E-state index in [9.17, 15) is 22.4 Å². The maximum absolute atomic E-state index is 13.0. The van der Waals surface area contributed by atoms with Gasteiger partial charge in [-0.25, -0.2) is 9.37 Å². The van der Waals surface area contributed by atoms with E-state index in [1.165, 1.54) is 44.6 Å². The standard InChI is InChI=1S/C20H16F4N2O3/c1-28-17-14-8-5-12(20(22,23)24)9-15(14)26-19(29-2)16(17)18(27)25-10-11-3-6-13(21)7-4-11/h3-9H,10H2,1-2H3,(H,25,27). The molecule has 5 nitrogen and oxygen atoms in total. The van der Waals surface area contributed by atoms with Crippen molar-refractivity contribution in [1.29, 1.82) is 0 Å². The molecule has 3 rings (SSSR count). The molecule has 0 unspecified atom stereocenters. The van der Waals surface area contributed by atoms with Crippen LogP contribution in [-0.2, 0) is 12.7 Å². The van der Waals surface area contributed by atoms with Gasteiger partial charge in [0, 0.05) is 11.9 Å². The lowest BCUT2D eigenvalue weighted by Gasteiger charge is -2.16. The highest BCUT2D eigenvalue weighted by atomic mass is 19.4. The van der Waals surface area contributed by atoms with E-state index in [1.54, 1.807) is 0 Å². The first-order chi connectivity index (χ1) is 13.7. The SMILES string of the molecule is COc1nc2cc(C(F)(F)F)ccc2c(OC)c1C(=O)NCc1ccc(F)cc1. The Hall–Kier alpha value is -3.36. The Bertz CT molecular complexity index is 1050. The Balaban J connectivity index is 2.01. The Morgan fingerprint density at radius 1 is 1.07 bits per heavy atom. The molecule has 29 heavy (non-hydrogen) atoms. The monoisotopic (exact) mass is 408 g/mol. The second kappa shape index (κ2) is 7.94. The number of nitrogens with zero attached hydrogens (tertiary/aromatic N) is 1. The average molecular weight is 408 g/mol. The number of hydrogen-bond acceptors (Lipinski definition) is 4. The molecule has 0 fully saturated rings. The first kappa shape index (κ1) is 20.4. The topological polar surface area (TPSA) is 60.5 Å². The van der Waals surface area contributed by atoms with Crippen molar-refractivity contribution in [2.75, 3.05) is 14.2 Å². The van der Waals surface area contributed by atoms with Gasteiger partial charge in [0.1, 0.15) is 17.1 Å². The molecule has 3 aromatic rings. The minimum absolute atomic E-state index is 0.0244. The number of hydrogen-bond donors (Lipinski definition) is 1. The van der Waals surface area contributed by atoms with Crippen molar-refractivity contribution in [2.24, 2.45) is 0 Å². The molecule has 9 heteroatoms. The fourth-order valence-corrected chi connectivity index (χ4v) is 2.82. The molecule has 0 aliphatic carbocycles. The zero-order valence-corrected chi connectivity index (χ0v) is 15.4. The van der Waals surface area contributed by atoms with Crippen molar-refractivity contribution < 1.29 is 31.8 Å². The van der Waals surface area contributed by atoms with E-state index in [0.29, 0.717) is 5.56 Å². The molecular weight excluding hydrogens is 392 g/mol. The van der Waals surface area contributed by atoms with E-state index in [4.69, 9.17) is 9.47 Å². The summed E-state index contributed by atoms with van der Waals surface area (Å²) in [6, 6.07) is 8.50. The summed E-state index contributed by atoms with van der Waals surface area (Å²) < 4.78 is 62.4. The van der Waals surface area contributed by atoms with Crippen molar-refractivity contribution in [3.05, 3.63) is 65.0 Å². The minimum Gasteiger partial charge on any atom is -0.495 e. The third-order valence-electron chi connectivity index (χ3n) is 4.22. The summed E-state index contributed by atoms with van der Waals surface area (Å²) in [5.74, 6) is -1.14. The third kappa shape index (κ3) is 4.23. The lowest BCUT2D eigenvalue weighted by atomic mass is 10.1. The van der Waals surface area contributed by atoms with E-state index in [1.807, 2.05) is 0 Å². The number of benzene rings is 2. The summed E-state index contributed by atoms with van der Waals surface area (Å²) in [5, 5.41) is 2.87. The van der Waals surface area contributed by atoms with Gasteiger partial charge in [-0.05, 0) is 35.9 Å². The average Bonchev–Trinajstić information content (AvgIpc) is 2.70. The second-order valence-electron chi connectivity index (χ2n) is 6.07. The molecule has 1 amide bonds. The van der Waals surface area contributed by atoms with Gasteiger partial charge in [0.05, 0.1) is 25.3 Å². The molecule has 0 aliphatic rings. The zero-order chi connectivity index (χ0) is 21.2. The molecular formula is C20H16F4N2O3. The first-order valence-electron chi connectivity index (χ1n) is 8.40. The first-order valence-corrected chi connectivity index (χ1v) is 8.40. The Morgan fingerprint density at radius 2 is 1.76 bits per heavy atom. The molecule has 0 spiro atoms. The highest BCUT2D eigenvalue weighted by Crippen LogP contribution is 2.37. The molecule has 1 heterocycles. The van der Waals surface area contributed by atoms with Crippen LogP contribution in [0.4, 0.5) is 17.6 Å². The van der Waals surface area contributed by atoms with Gasteiger partial charge in [-0.3, -0.25) is 4.79 Å². The van der Waals surface area contributed by atoms with Crippen LogP contribution in [0, 0.1) is 5.82 Å². The van der Waals surface area contributed by atoms with Crippen LogP contribution in [-0.4, -0.2) is 25.1 Å². The van der Waals surface area contributed by atoms with Crippen molar-refractivity contribution in [3.8, 4) is 11.6 Å². The zero-order valence-electron chi connectivity index (χ0n) is 15.4. The fourth-order valence-electron chi connectivity index (χ4n) is 2.82. The summed E-state index contributed by atoms with van der Waals surface area (Å²) in [6.45, 7) is 0.0937. The molecule has 0 bridgehead atoms. The van der Waals surface area contributed by atoms with E-state index < -0.39 is 23.5 Å². The normalized spacial score (nSPS) is 11.4. The minimum atomic E-state index is -4.54. The Kier molecular flexibility index (Phi) is 5.58. The smallest absolute Gasteiger partial charge is 0.416 e. The largest absolute Gasteiger partial charge is 0.495 e. The predicted molar refractivity (Wildman–Crippen MR) is 97.4 cm³/mol. The van der Waals surface area contributed by atoms with E-state index >= 15 is 0 Å². The lowest BCUT2D eigenvalue weighted by molar-refractivity contribution is -0.137. The van der Waals surface area contributed by atoms with Gasteiger partial charge in [0.15, 0.2) is 0 Å². The number of ether oxygens (including phenoxy) is 2. The molecule has 1 aromatic heterocycles. The van der Waals surface area contributed by atoms with Gasteiger partial charge in [-0.15, -0.1) is 0 Å². The van der Waals surface area contributed by atoms with E-state index in [0.717, 1.165) is 12.1 Å². The number of halogens is 4. The van der Waals surface area contributed by atoms with Gasteiger partial charge < -0.3 is 14.8 Å². The molecule has 2 aromatic carbocycles. The summed E-state index contributed by atoms with van der Waals surface area (Å²) in [5.41, 5.74) is -0.302. The van der Waals surface area contributed by atoms with Crippen LogP contribution in [0.2, 0.25) is 0 Å². The van der Waals surface area contributed by atoms with Crippen molar-refractivity contribution in [2.45, 2.75) is 12.7 Å². The third-order valence-corrected chi connectivity index (χ3v) is 4.22.